The second kappa shape index (κ2) is 13.7. The summed E-state index contributed by atoms with van der Waals surface area (Å²) in [5.41, 5.74) is 3.29. The van der Waals surface area contributed by atoms with Crippen molar-refractivity contribution in [2.24, 2.45) is 0 Å². The van der Waals surface area contributed by atoms with Gasteiger partial charge in [-0.15, -0.1) is 0 Å². The molecule has 0 bridgehead atoms. The maximum absolute atomic E-state index is 10.8. The summed E-state index contributed by atoms with van der Waals surface area (Å²) in [5, 5.41) is 46.9. The molecule has 0 N–H and O–H groups in total. The Morgan fingerprint density at radius 3 is 1.82 bits per heavy atom. The largest absolute Gasteiger partial charge is 0.289 e. The first-order chi connectivity index (χ1) is 15.8. The molecule has 0 fully saturated rings. The van der Waals surface area contributed by atoms with Crippen LogP contribution in [0, 0.1) is 55.4 Å². The van der Waals surface area contributed by atoms with Crippen molar-refractivity contribution in [2.75, 3.05) is 0 Å². The minimum Gasteiger partial charge on any atom is -0.258 e. The summed E-state index contributed by atoms with van der Waals surface area (Å²) in [4.78, 5) is 10.2. The van der Waals surface area contributed by atoms with Gasteiger partial charge in [0.1, 0.15) is 5.02 Å². The number of nitriles is 4. The second-order valence-electron chi connectivity index (χ2n) is 6.92. The first-order valence-electron chi connectivity index (χ1n) is 10.1. The number of nitrogens with zero attached hydrogens (tertiary/aromatic N) is 5. The van der Waals surface area contributed by atoms with Crippen LogP contribution in [0.2, 0.25) is 10.0 Å². The Morgan fingerprint density at radius 1 is 0.848 bits per heavy atom. The second-order valence-corrected chi connectivity index (χ2v) is 7.70. The van der Waals surface area contributed by atoms with Crippen LogP contribution in [0.4, 0.5) is 5.69 Å². The van der Waals surface area contributed by atoms with Crippen LogP contribution in [0.25, 0.3) is 0 Å². The minimum atomic E-state index is -0.639. The minimum absolute atomic E-state index is 0.0372. The fourth-order valence-electron chi connectivity index (χ4n) is 3.34. The number of rotatable bonds is 7. The fraction of sp³-hybridized carbons (Fsp3) is 0.333. The third kappa shape index (κ3) is 6.93. The van der Waals surface area contributed by atoms with E-state index in [9.17, 15) is 10.1 Å². The summed E-state index contributed by atoms with van der Waals surface area (Å²) < 4.78 is 0. The number of hydrogen-bond donors (Lipinski definition) is 0. The van der Waals surface area contributed by atoms with Crippen molar-refractivity contribution in [3.63, 3.8) is 0 Å². The summed E-state index contributed by atoms with van der Waals surface area (Å²) >= 11 is 12.0. The molecule has 0 radical (unpaired) electrons. The van der Waals surface area contributed by atoms with E-state index in [4.69, 9.17) is 44.2 Å². The van der Waals surface area contributed by atoms with Crippen molar-refractivity contribution in [3.8, 4) is 24.3 Å². The van der Waals surface area contributed by atoms with Gasteiger partial charge in [-0.25, -0.2) is 0 Å². The molecule has 33 heavy (non-hydrogen) atoms. The third-order valence-corrected chi connectivity index (χ3v) is 5.56. The van der Waals surface area contributed by atoms with Crippen molar-refractivity contribution < 1.29 is 4.92 Å². The molecule has 0 heterocycles. The fourth-order valence-corrected chi connectivity index (χ4v) is 3.89. The van der Waals surface area contributed by atoms with E-state index in [1.807, 2.05) is 26.0 Å². The first-order valence-corrected chi connectivity index (χ1v) is 10.9. The highest BCUT2D eigenvalue weighted by Crippen LogP contribution is 2.34. The topological polar surface area (TPSA) is 138 Å². The SMILES string of the molecule is CCCc1c(C#N)cc([N+](=O)[O-])c(Cl)c1CC#N.CCCc1c(C#N)ccc(Cl)c1CC#N. The molecular weight excluding hydrogens is 461 g/mol. The van der Waals surface area contributed by atoms with Gasteiger partial charge in [0.25, 0.3) is 5.69 Å². The summed E-state index contributed by atoms with van der Waals surface area (Å²) in [6, 6.07) is 12.7. The van der Waals surface area contributed by atoms with E-state index in [0.29, 0.717) is 28.1 Å². The molecule has 0 aromatic heterocycles. The van der Waals surface area contributed by atoms with E-state index in [0.717, 1.165) is 30.4 Å². The zero-order valence-corrected chi connectivity index (χ0v) is 19.8. The van der Waals surface area contributed by atoms with Crippen LogP contribution in [0.1, 0.15) is 60.1 Å². The van der Waals surface area contributed by atoms with Crippen molar-refractivity contribution in [1.29, 1.82) is 21.0 Å². The van der Waals surface area contributed by atoms with Gasteiger partial charge in [0.05, 0.1) is 53.2 Å². The molecular formula is C24H21Cl2N5O2. The molecule has 2 rings (SSSR count). The lowest BCUT2D eigenvalue weighted by Crippen LogP contribution is -2.02. The van der Waals surface area contributed by atoms with Crippen LogP contribution in [0.5, 0.6) is 0 Å². The molecule has 2 aromatic carbocycles. The summed E-state index contributed by atoms with van der Waals surface area (Å²) in [6.07, 6.45) is 3.29. The van der Waals surface area contributed by atoms with E-state index in [-0.39, 0.29) is 29.1 Å². The van der Waals surface area contributed by atoms with E-state index in [2.05, 4.69) is 12.1 Å². The summed E-state index contributed by atoms with van der Waals surface area (Å²) in [7, 11) is 0. The third-order valence-electron chi connectivity index (χ3n) is 4.78. The van der Waals surface area contributed by atoms with E-state index in [1.54, 1.807) is 12.1 Å². The summed E-state index contributed by atoms with van der Waals surface area (Å²) in [5.74, 6) is 0. The van der Waals surface area contributed by atoms with E-state index in [1.165, 1.54) is 6.07 Å². The van der Waals surface area contributed by atoms with Crippen LogP contribution in [0.3, 0.4) is 0 Å². The van der Waals surface area contributed by atoms with Crippen LogP contribution >= 0.6 is 23.2 Å². The quantitative estimate of drug-likeness (QED) is 0.332. The zero-order chi connectivity index (χ0) is 25.0. The molecule has 0 saturated carbocycles. The van der Waals surface area contributed by atoms with Crippen LogP contribution < -0.4 is 0 Å². The highest BCUT2D eigenvalue weighted by molar-refractivity contribution is 6.33. The molecule has 0 atom stereocenters. The molecule has 0 amide bonds. The Hall–Kier alpha value is -3.62. The molecule has 7 nitrogen and oxygen atoms in total. The normalized spacial score (nSPS) is 9.45. The monoisotopic (exact) mass is 481 g/mol. The Kier molecular flexibility index (Phi) is 11.4. The molecule has 0 spiro atoms. The molecule has 0 saturated heterocycles. The van der Waals surface area contributed by atoms with Crippen LogP contribution in [-0.2, 0) is 25.7 Å². The van der Waals surface area contributed by atoms with Crippen molar-refractivity contribution in [2.45, 2.75) is 52.4 Å². The van der Waals surface area contributed by atoms with Gasteiger partial charge in [0.2, 0.25) is 0 Å². The van der Waals surface area contributed by atoms with Gasteiger partial charge in [-0.1, -0.05) is 49.9 Å². The lowest BCUT2D eigenvalue weighted by atomic mass is 9.95. The van der Waals surface area contributed by atoms with Gasteiger partial charge in [0, 0.05) is 11.1 Å². The number of nitro benzene ring substituents is 1. The Balaban J connectivity index is 0.000000335. The van der Waals surface area contributed by atoms with Crippen molar-refractivity contribution >= 4 is 28.9 Å². The van der Waals surface area contributed by atoms with Gasteiger partial charge >= 0.3 is 0 Å². The highest BCUT2D eigenvalue weighted by atomic mass is 35.5. The van der Waals surface area contributed by atoms with E-state index >= 15 is 0 Å². The average molecular weight is 482 g/mol. The van der Waals surface area contributed by atoms with Gasteiger partial charge in [-0.2, -0.15) is 21.0 Å². The molecule has 9 heteroatoms. The molecule has 2 aromatic rings. The average Bonchev–Trinajstić information content (AvgIpc) is 2.79. The molecule has 0 aliphatic carbocycles. The zero-order valence-electron chi connectivity index (χ0n) is 18.3. The molecule has 0 unspecified atom stereocenters. The number of nitro groups is 1. The van der Waals surface area contributed by atoms with Crippen molar-refractivity contribution in [3.05, 3.63) is 71.7 Å². The Labute approximate surface area is 203 Å². The number of benzene rings is 2. The van der Waals surface area contributed by atoms with Gasteiger partial charge in [-0.05, 0) is 47.2 Å². The molecule has 168 valence electrons. The number of halogens is 2. The van der Waals surface area contributed by atoms with Gasteiger partial charge in [0.15, 0.2) is 0 Å². The maximum Gasteiger partial charge on any atom is 0.289 e. The van der Waals surface area contributed by atoms with Crippen LogP contribution in [0.15, 0.2) is 18.2 Å². The first kappa shape index (κ1) is 27.4. The van der Waals surface area contributed by atoms with Gasteiger partial charge < -0.3 is 0 Å². The molecule has 0 aliphatic rings. The van der Waals surface area contributed by atoms with Gasteiger partial charge in [-0.3, -0.25) is 10.1 Å². The highest BCUT2D eigenvalue weighted by Gasteiger charge is 2.22. The number of hydrogen-bond acceptors (Lipinski definition) is 6. The molecule has 0 aliphatic heterocycles. The maximum atomic E-state index is 10.8. The Bertz CT molecular complexity index is 1200. The Morgan fingerprint density at radius 2 is 1.36 bits per heavy atom. The lowest BCUT2D eigenvalue weighted by Gasteiger charge is -2.10. The summed E-state index contributed by atoms with van der Waals surface area (Å²) in [6.45, 7) is 3.96. The van der Waals surface area contributed by atoms with E-state index < -0.39 is 4.92 Å². The predicted octanol–water partition coefficient (Wildman–Crippen LogP) is 6.37. The smallest absolute Gasteiger partial charge is 0.258 e. The lowest BCUT2D eigenvalue weighted by molar-refractivity contribution is -0.384. The van der Waals surface area contributed by atoms with Crippen LogP contribution in [-0.4, -0.2) is 4.92 Å². The standard InChI is InChI=1S/C12H10ClN3O2.C12H11ClN2/c1-2-3-9-8(7-15)6-11(16(17)18)12(13)10(9)4-5-14;1-2-3-10-9(8-15)4-5-12(13)11(10)6-7-14/h6H,2-4H2,1H3;4-5H,2-3,6H2,1H3. The predicted molar refractivity (Wildman–Crippen MR) is 126 cm³/mol. The van der Waals surface area contributed by atoms with Crippen molar-refractivity contribution in [1.82, 2.24) is 0 Å².